The van der Waals surface area contributed by atoms with Crippen molar-refractivity contribution in [2.24, 2.45) is 0 Å². The van der Waals surface area contributed by atoms with E-state index in [1.165, 1.54) is 283 Å². The number of hydrogen-bond donors (Lipinski definition) is 0. The lowest BCUT2D eigenvalue weighted by Gasteiger charge is -2.18. The van der Waals surface area contributed by atoms with Gasteiger partial charge >= 0.3 is 11.9 Å². The van der Waals surface area contributed by atoms with E-state index < -0.39 is 6.10 Å². The quantitative estimate of drug-likeness (QED) is 0.0345. The van der Waals surface area contributed by atoms with Gasteiger partial charge in [0, 0.05) is 19.4 Å². The first-order valence-electron chi connectivity index (χ1n) is 31.9. The summed E-state index contributed by atoms with van der Waals surface area (Å²) in [6.07, 6.45) is 75.2. The van der Waals surface area contributed by atoms with Gasteiger partial charge in [0.1, 0.15) is 19.3 Å². The Labute approximate surface area is 438 Å². The molecule has 0 saturated heterocycles. The first-order valence-corrected chi connectivity index (χ1v) is 31.9. The number of carbonyl (C=O) groups is 2. The summed E-state index contributed by atoms with van der Waals surface area (Å²) in [7, 11) is 0. The molecule has 0 unspecified atom stereocenters. The molecule has 0 aliphatic rings. The predicted molar refractivity (Wildman–Crippen MR) is 307 cm³/mol. The lowest BCUT2D eigenvalue weighted by atomic mass is 10.0. The Balaban J connectivity index is 4.19. The van der Waals surface area contributed by atoms with E-state index in [9.17, 15) is 9.59 Å². The van der Waals surface area contributed by atoms with E-state index in [4.69, 9.17) is 14.2 Å². The number of carbonyl (C=O) groups excluding carboxylic acids is 2. The summed E-state index contributed by atoms with van der Waals surface area (Å²) in [6.45, 7) is 7.80. The fourth-order valence-corrected chi connectivity index (χ4v) is 9.65. The standard InChI is InChI=1S/C65H124O5/c1-4-7-10-13-16-19-22-25-28-31-32-33-34-36-38-41-44-47-50-53-56-59-65(67)70-62-63(68-60-57-54-51-48-45-42-39-30-27-24-21-18-15-12-9-6-3)61-69-64(66)58-55-52-49-46-43-40-37-35-29-26-23-20-17-14-11-8-5-2/h25-26,28-29,63H,4-24,27,30-62H2,1-3H3/b28-25-,29-26-/t63-/m0/s1. The van der Waals surface area contributed by atoms with Gasteiger partial charge in [-0.2, -0.15) is 0 Å². The largest absolute Gasteiger partial charge is 0.463 e. The van der Waals surface area contributed by atoms with E-state index in [1.54, 1.807) is 0 Å². The number of rotatable bonds is 60. The van der Waals surface area contributed by atoms with Crippen LogP contribution in [-0.2, 0) is 23.8 Å². The SMILES string of the molecule is CCCCCCCC/C=C\CCCCCCCCCCCCCC(=O)OC[C@H](COC(=O)CCCCCCCCC/C=C\CCCCCCCC)OCCCCCCCCCCCCCCCCCC. The number of unbranched alkanes of at least 4 members (excludes halogenated alkanes) is 45. The summed E-state index contributed by atoms with van der Waals surface area (Å²) in [4.78, 5) is 25.4. The second kappa shape index (κ2) is 61.7. The third-order valence-electron chi connectivity index (χ3n) is 14.5. The number of allylic oxidation sites excluding steroid dienone is 4. The van der Waals surface area contributed by atoms with Gasteiger partial charge in [0.05, 0.1) is 0 Å². The highest BCUT2D eigenvalue weighted by Gasteiger charge is 2.16. The van der Waals surface area contributed by atoms with Gasteiger partial charge < -0.3 is 14.2 Å². The number of hydrogen-bond acceptors (Lipinski definition) is 5. The Morgan fingerprint density at radius 3 is 0.757 bits per heavy atom. The van der Waals surface area contributed by atoms with Crippen LogP contribution < -0.4 is 0 Å². The summed E-state index contributed by atoms with van der Waals surface area (Å²) >= 11 is 0. The first kappa shape index (κ1) is 68.4. The van der Waals surface area contributed by atoms with Crippen molar-refractivity contribution >= 4 is 11.9 Å². The van der Waals surface area contributed by atoms with Crippen LogP contribution in [0.4, 0.5) is 0 Å². The molecular weight excluding hydrogens is 861 g/mol. The van der Waals surface area contributed by atoms with Gasteiger partial charge in [-0.15, -0.1) is 0 Å². The summed E-state index contributed by atoms with van der Waals surface area (Å²) in [5, 5.41) is 0. The van der Waals surface area contributed by atoms with Gasteiger partial charge in [-0.1, -0.05) is 295 Å². The predicted octanol–water partition coefficient (Wildman–Crippen LogP) is 21.9. The third kappa shape index (κ3) is 58.9. The van der Waals surface area contributed by atoms with Gasteiger partial charge in [-0.25, -0.2) is 0 Å². The summed E-state index contributed by atoms with van der Waals surface area (Å²) in [5.41, 5.74) is 0. The molecule has 0 amide bonds. The van der Waals surface area contributed by atoms with Gasteiger partial charge in [0.2, 0.25) is 0 Å². The molecular formula is C65H124O5. The van der Waals surface area contributed by atoms with E-state index in [0.29, 0.717) is 19.4 Å². The Morgan fingerprint density at radius 1 is 0.286 bits per heavy atom. The van der Waals surface area contributed by atoms with E-state index in [0.717, 1.165) is 38.5 Å². The summed E-state index contributed by atoms with van der Waals surface area (Å²) < 4.78 is 17.6. The maximum absolute atomic E-state index is 12.7. The summed E-state index contributed by atoms with van der Waals surface area (Å²) in [6, 6.07) is 0. The molecule has 0 radical (unpaired) electrons. The molecule has 0 spiro atoms. The smallest absolute Gasteiger partial charge is 0.305 e. The van der Waals surface area contributed by atoms with Crippen LogP contribution in [0.5, 0.6) is 0 Å². The van der Waals surface area contributed by atoms with E-state index in [-0.39, 0.29) is 25.2 Å². The molecule has 70 heavy (non-hydrogen) atoms. The molecule has 0 aromatic carbocycles. The number of esters is 2. The first-order chi connectivity index (χ1) is 34.6. The minimum Gasteiger partial charge on any atom is -0.463 e. The molecule has 0 saturated carbocycles. The molecule has 0 heterocycles. The minimum absolute atomic E-state index is 0.157. The Bertz CT molecular complexity index is 1070. The van der Waals surface area contributed by atoms with Gasteiger partial charge in [0.15, 0.2) is 0 Å². The van der Waals surface area contributed by atoms with E-state index >= 15 is 0 Å². The molecule has 0 bridgehead atoms. The van der Waals surface area contributed by atoms with Gasteiger partial charge in [-0.05, 0) is 70.6 Å². The molecule has 5 nitrogen and oxygen atoms in total. The second-order valence-corrected chi connectivity index (χ2v) is 21.7. The van der Waals surface area contributed by atoms with Crippen LogP contribution in [0.3, 0.4) is 0 Å². The van der Waals surface area contributed by atoms with E-state index in [2.05, 4.69) is 45.1 Å². The molecule has 0 N–H and O–H groups in total. The molecule has 1 atom stereocenters. The van der Waals surface area contributed by atoms with Crippen molar-refractivity contribution in [2.45, 2.75) is 361 Å². The zero-order chi connectivity index (χ0) is 50.6. The van der Waals surface area contributed by atoms with Crippen molar-refractivity contribution < 1.29 is 23.8 Å². The molecule has 0 aliphatic heterocycles. The molecule has 0 fully saturated rings. The molecule has 0 aliphatic carbocycles. The normalized spacial score (nSPS) is 12.2. The van der Waals surface area contributed by atoms with Crippen molar-refractivity contribution in [1.29, 1.82) is 0 Å². The van der Waals surface area contributed by atoms with Crippen molar-refractivity contribution in [3.05, 3.63) is 24.3 Å². The summed E-state index contributed by atoms with van der Waals surface area (Å²) in [5.74, 6) is -0.317. The van der Waals surface area contributed by atoms with Crippen molar-refractivity contribution in [3.8, 4) is 0 Å². The molecule has 0 rings (SSSR count). The average molecular weight is 986 g/mol. The van der Waals surface area contributed by atoms with E-state index in [1.807, 2.05) is 0 Å². The maximum atomic E-state index is 12.7. The molecule has 414 valence electrons. The average Bonchev–Trinajstić information content (AvgIpc) is 3.36. The maximum Gasteiger partial charge on any atom is 0.305 e. The number of ether oxygens (including phenoxy) is 3. The Morgan fingerprint density at radius 2 is 0.500 bits per heavy atom. The van der Waals surface area contributed by atoms with Crippen molar-refractivity contribution in [3.63, 3.8) is 0 Å². The third-order valence-corrected chi connectivity index (χ3v) is 14.5. The van der Waals surface area contributed by atoms with Crippen molar-refractivity contribution in [2.75, 3.05) is 19.8 Å². The fraction of sp³-hybridized carbons (Fsp3) is 0.908. The monoisotopic (exact) mass is 985 g/mol. The van der Waals surface area contributed by atoms with Crippen LogP contribution in [0.1, 0.15) is 355 Å². The van der Waals surface area contributed by atoms with Crippen LogP contribution in [0.2, 0.25) is 0 Å². The highest BCUT2D eigenvalue weighted by molar-refractivity contribution is 5.69. The molecule has 0 aromatic rings. The van der Waals surface area contributed by atoms with Crippen LogP contribution in [0.25, 0.3) is 0 Å². The molecule has 5 heteroatoms. The van der Waals surface area contributed by atoms with Crippen molar-refractivity contribution in [1.82, 2.24) is 0 Å². The zero-order valence-corrected chi connectivity index (χ0v) is 47.8. The van der Waals surface area contributed by atoms with Crippen LogP contribution in [0.15, 0.2) is 24.3 Å². The lowest BCUT2D eigenvalue weighted by molar-refractivity contribution is -0.155. The zero-order valence-electron chi connectivity index (χ0n) is 47.8. The fourth-order valence-electron chi connectivity index (χ4n) is 9.65. The second-order valence-electron chi connectivity index (χ2n) is 21.7. The molecule has 0 aromatic heterocycles. The van der Waals surface area contributed by atoms with Crippen LogP contribution >= 0.6 is 0 Å². The van der Waals surface area contributed by atoms with Crippen LogP contribution in [-0.4, -0.2) is 37.9 Å². The highest BCUT2D eigenvalue weighted by atomic mass is 16.6. The topological polar surface area (TPSA) is 61.8 Å². The van der Waals surface area contributed by atoms with Gasteiger partial charge in [-0.3, -0.25) is 9.59 Å². The minimum atomic E-state index is -0.397. The van der Waals surface area contributed by atoms with Crippen LogP contribution in [0, 0.1) is 0 Å². The Hall–Kier alpha value is -1.62. The highest BCUT2D eigenvalue weighted by Crippen LogP contribution is 2.17. The lowest BCUT2D eigenvalue weighted by Crippen LogP contribution is -2.29. The van der Waals surface area contributed by atoms with Gasteiger partial charge in [0.25, 0.3) is 0 Å². The Kier molecular flexibility index (Phi) is 60.3.